The van der Waals surface area contributed by atoms with Gasteiger partial charge >= 0.3 is 6.09 Å². The second kappa shape index (κ2) is 9.35. The van der Waals surface area contributed by atoms with E-state index in [1.54, 1.807) is 17.0 Å². The Bertz CT molecular complexity index is 1160. The third-order valence-electron chi connectivity index (χ3n) is 5.40. The van der Waals surface area contributed by atoms with Crippen LogP contribution >= 0.6 is 11.6 Å². The third-order valence-corrected chi connectivity index (χ3v) is 5.70. The molecule has 33 heavy (non-hydrogen) atoms. The van der Waals surface area contributed by atoms with Gasteiger partial charge in [-0.15, -0.1) is 0 Å². The summed E-state index contributed by atoms with van der Waals surface area (Å²) in [4.78, 5) is 32.1. The number of carbonyl (C=O) groups is 2. The quantitative estimate of drug-likeness (QED) is 0.595. The minimum atomic E-state index is -0.582. The normalized spacial score (nSPS) is 17.0. The molecule has 1 fully saturated rings. The van der Waals surface area contributed by atoms with E-state index in [2.05, 4.69) is 20.5 Å². The van der Waals surface area contributed by atoms with E-state index in [0.717, 1.165) is 24.8 Å². The number of carbonyl (C=O) groups excluding carboxylic acids is 2. The van der Waals surface area contributed by atoms with E-state index in [9.17, 15) is 9.59 Å². The van der Waals surface area contributed by atoms with E-state index in [-0.39, 0.29) is 18.0 Å². The molecule has 1 aliphatic rings. The summed E-state index contributed by atoms with van der Waals surface area (Å²) in [5.41, 5.74) is 1.17. The van der Waals surface area contributed by atoms with Crippen LogP contribution in [0, 0.1) is 0 Å². The Morgan fingerprint density at radius 3 is 2.73 bits per heavy atom. The first-order chi connectivity index (χ1) is 15.7. The number of anilines is 1. The number of amides is 2. The topological polar surface area (TPSA) is 102 Å². The zero-order chi connectivity index (χ0) is 23.6. The van der Waals surface area contributed by atoms with Crippen molar-refractivity contribution in [2.75, 3.05) is 18.4 Å². The molecule has 174 valence electrons. The maximum atomic E-state index is 12.9. The van der Waals surface area contributed by atoms with Crippen molar-refractivity contribution >= 4 is 40.6 Å². The fraction of sp³-hybridized carbons (Fsp3) is 0.435. The number of imidazole rings is 1. The van der Waals surface area contributed by atoms with Gasteiger partial charge in [0.2, 0.25) is 5.95 Å². The first-order valence-corrected chi connectivity index (χ1v) is 11.3. The van der Waals surface area contributed by atoms with Gasteiger partial charge in [-0.3, -0.25) is 10.1 Å². The van der Waals surface area contributed by atoms with Gasteiger partial charge in [-0.2, -0.15) is 10.2 Å². The highest BCUT2D eigenvalue weighted by Gasteiger charge is 2.30. The second-order valence-corrected chi connectivity index (χ2v) is 9.48. The molecule has 0 unspecified atom stereocenters. The maximum Gasteiger partial charge on any atom is 0.410 e. The summed E-state index contributed by atoms with van der Waals surface area (Å²) in [6, 6.07) is 6.90. The molecular formula is C23H27ClN6O3. The Labute approximate surface area is 197 Å². The van der Waals surface area contributed by atoms with Gasteiger partial charge in [-0.1, -0.05) is 17.7 Å². The van der Waals surface area contributed by atoms with Crippen molar-refractivity contribution in [1.29, 1.82) is 0 Å². The van der Waals surface area contributed by atoms with Gasteiger partial charge in [0.05, 0.1) is 40.1 Å². The van der Waals surface area contributed by atoms with E-state index in [4.69, 9.17) is 16.3 Å². The van der Waals surface area contributed by atoms with Crippen LogP contribution in [-0.2, 0) is 4.74 Å². The highest BCUT2D eigenvalue weighted by molar-refractivity contribution is 6.35. The number of aromatic nitrogens is 4. The molecule has 1 aromatic carbocycles. The molecule has 0 aliphatic carbocycles. The minimum absolute atomic E-state index is 0.143. The largest absolute Gasteiger partial charge is 0.444 e. The molecular weight excluding hydrogens is 444 g/mol. The van der Waals surface area contributed by atoms with E-state index < -0.39 is 5.60 Å². The molecule has 3 aromatic rings. The highest BCUT2D eigenvalue weighted by Crippen LogP contribution is 2.34. The van der Waals surface area contributed by atoms with Gasteiger partial charge in [0.25, 0.3) is 5.91 Å². The van der Waals surface area contributed by atoms with Crippen LogP contribution in [0.2, 0.25) is 5.02 Å². The Morgan fingerprint density at radius 1 is 1.18 bits per heavy atom. The molecule has 1 atom stereocenters. The molecule has 1 N–H and O–H groups in total. The van der Waals surface area contributed by atoms with Crippen molar-refractivity contribution in [1.82, 2.24) is 24.6 Å². The number of ether oxygens (including phenoxy) is 1. The Balaban J connectivity index is 1.71. The SMILES string of the molecule is CC(C)(C)OC(=O)N1CCCC[C@@H](n2c(NC(=O)c3ccnnc3)nc3cccc(Cl)c32)C1. The second-order valence-electron chi connectivity index (χ2n) is 9.07. The summed E-state index contributed by atoms with van der Waals surface area (Å²) in [7, 11) is 0. The maximum absolute atomic E-state index is 12.9. The Kier molecular flexibility index (Phi) is 6.51. The predicted octanol–water partition coefficient (Wildman–Crippen LogP) is 4.69. The average Bonchev–Trinajstić information content (AvgIpc) is 2.95. The summed E-state index contributed by atoms with van der Waals surface area (Å²) in [5.74, 6) is 0.0196. The van der Waals surface area contributed by atoms with Crippen LogP contribution < -0.4 is 5.32 Å². The lowest BCUT2D eigenvalue weighted by atomic mass is 10.1. The van der Waals surface area contributed by atoms with E-state index in [1.807, 2.05) is 37.5 Å². The van der Waals surface area contributed by atoms with E-state index in [1.165, 1.54) is 12.4 Å². The van der Waals surface area contributed by atoms with Gasteiger partial charge in [0.1, 0.15) is 5.60 Å². The van der Waals surface area contributed by atoms with Gasteiger partial charge in [0, 0.05) is 13.1 Å². The summed E-state index contributed by atoms with van der Waals surface area (Å²) in [6.07, 6.45) is 5.08. The Morgan fingerprint density at radius 2 is 2.00 bits per heavy atom. The molecule has 4 rings (SSSR count). The summed E-state index contributed by atoms with van der Waals surface area (Å²) in [5, 5.41) is 10.9. The average molecular weight is 471 g/mol. The number of hydrogen-bond donors (Lipinski definition) is 1. The molecule has 2 amide bonds. The third kappa shape index (κ3) is 5.24. The van der Waals surface area contributed by atoms with Crippen LogP contribution in [-0.4, -0.2) is 55.3 Å². The van der Waals surface area contributed by atoms with Crippen LogP contribution in [0.4, 0.5) is 10.7 Å². The molecule has 1 aliphatic heterocycles. The first-order valence-electron chi connectivity index (χ1n) is 11.0. The number of rotatable bonds is 3. The van der Waals surface area contributed by atoms with Gasteiger partial charge in [0.15, 0.2) is 0 Å². The zero-order valence-corrected chi connectivity index (χ0v) is 19.7. The van der Waals surface area contributed by atoms with E-state index in [0.29, 0.717) is 35.1 Å². The monoisotopic (exact) mass is 470 g/mol. The molecule has 9 nitrogen and oxygen atoms in total. The lowest BCUT2D eigenvalue weighted by molar-refractivity contribution is 0.0238. The fourth-order valence-corrected chi connectivity index (χ4v) is 4.23. The van der Waals surface area contributed by atoms with Gasteiger partial charge < -0.3 is 14.2 Å². The van der Waals surface area contributed by atoms with Crippen LogP contribution in [0.15, 0.2) is 36.7 Å². The molecule has 0 bridgehead atoms. The number of para-hydroxylation sites is 1. The number of likely N-dealkylation sites (tertiary alicyclic amines) is 1. The minimum Gasteiger partial charge on any atom is -0.444 e. The lowest BCUT2D eigenvalue weighted by Crippen LogP contribution is -2.39. The predicted molar refractivity (Wildman–Crippen MR) is 125 cm³/mol. The molecule has 1 saturated heterocycles. The lowest BCUT2D eigenvalue weighted by Gasteiger charge is -2.29. The first kappa shape index (κ1) is 23.0. The zero-order valence-electron chi connectivity index (χ0n) is 18.9. The van der Waals surface area contributed by atoms with Crippen molar-refractivity contribution in [2.45, 2.75) is 51.7 Å². The number of halogens is 1. The van der Waals surface area contributed by atoms with Crippen molar-refractivity contribution in [3.63, 3.8) is 0 Å². The van der Waals surface area contributed by atoms with Crippen molar-refractivity contribution in [3.8, 4) is 0 Å². The highest BCUT2D eigenvalue weighted by atomic mass is 35.5. The number of nitrogens with one attached hydrogen (secondary N) is 1. The number of nitrogens with zero attached hydrogens (tertiary/aromatic N) is 5. The number of hydrogen-bond acceptors (Lipinski definition) is 6. The molecule has 0 spiro atoms. The molecule has 3 heterocycles. The summed E-state index contributed by atoms with van der Waals surface area (Å²) < 4.78 is 7.55. The molecule has 0 radical (unpaired) electrons. The molecule has 0 saturated carbocycles. The van der Waals surface area contributed by atoms with Crippen LogP contribution in [0.25, 0.3) is 11.0 Å². The number of fused-ring (bicyclic) bond motifs is 1. The molecule has 2 aromatic heterocycles. The standard InChI is InChI=1S/C23H27ClN6O3/c1-23(2,3)33-22(32)29-12-5-4-7-16(14-29)30-19-17(24)8-6-9-18(19)27-21(30)28-20(31)15-10-11-25-26-13-15/h6,8-11,13,16H,4-5,7,12,14H2,1-3H3,(H,27,28,31)/t16-/m1/s1. The van der Waals surface area contributed by atoms with Crippen molar-refractivity contribution < 1.29 is 14.3 Å². The van der Waals surface area contributed by atoms with Crippen LogP contribution in [0.3, 0.4) is 0 Å². The Hall–Kier alpha value is -3.20. The van der Waals surface area contributed by atoms with Crippen molar-refractivity contribution in [2.24, 2.45) is 0 Å². The van der Waals surface area contributed by atoms with Crippen molar-refractivity contribution in [3.05, 3.63) is 47.2 Å². The summed E-state index contributed by atoms with van der Waals surface area (Å²) in [6.45, 7) is 6.59. The fourth-order valence-electron chi connectivity index (χ4n) is 3.97. The number of benzene rings is 1. The smallest absolute Gasteiger partial charge is 0.410 e. The van der Waals surface area contributed by atoms with Gasteiger partial charge in [-0.25, -0.2) is 9.78 Å². The van der Waals surface area contributed by atoms with Crippen LogP contribution in [0.1, 0.15) is 56.4 Å². The molecule has 10 heteroatoms. The van der Waals surface area contributed by atoms with Crippen LogP contribution in [0.5, 0.6) is 0 Å². The van der Waals surface area contributed by atoms with Gasteiger partial charge in [-0.05, 0) is 58.2 Å². The summed E-state index contributed by atoms with van der Waals surface area (Å²) >= 11 is 6.58. The van der Waals surface area contributed by atoms with E-state index >= 15 is 0 Å².